The van der Waals surface area contributed by atoms with Crippen molar-refractivity contribution in [1.29, 1.82) is 0 Å². The van der Waals surface area contributed by atoms with Crippen molar-refractivity contribution < 1.29 is 13.2 Å². The highest BCUT2D eigenvalue weighted by Gasteiger charge is 2.17. The Balaban J connectivity index is 2.34. The van der Waals surface area contributed by atoms with Gasteiger partial charge < -0.3 is 4.42 Å². The number of aromatic nitrogens is 4. The molecule has 0 fully saturated rings. The van der Waals surface area contributed by atoms with E-state index in [1.165, 1.54) is 18.6 Å². The minimum atomic E-state index is -2.77. The molecule has 0 spiro atoms. The minimum absolute atomic E-state index is 0.0617. The molecule has 0 unspecified atom stereocenters. The van der Waals surface area contributed by atoms with E-state index < -0.39 is 12.3 Å². The molecule has 7 heteroatoms. The second-order valence-corrected chi connectivity index (χ2v) is 2.34. The Morgan fingerprint density at radius 2 is 2.07 bits per heavy atom. The third kappa shape index (κ3) is 1.56. The monoisotopic (exact) mass is 198 g/mol. The summed E-state index contributed by atoms with van der Waals surface area (Å²) in [6, 6.07) is 0. The summed E-state index contributed by atoms with van der Waals surface area (Å²) in [6.07, 6.45) is 1.44. The molecule has 0 atom stereocenters. The minimum Gasteiger partial charge on any atom is -0.414 e. The van der Waals surface area contributed by atoms with E-state index in [9.17, 15) is 8.78 Å². The summed E-state index contributed by atoms with van der Waals surface area (Å²) >= 11 is 0. The van der Waals surface area contributed by atoms with Crippen LogP contribution in [0.15, 0.2) is 23.0 Å². The Kier molecular flexibility index (Phi) is 2.13. The van der Waals surface area contributed by atoms with Gasteiger partial charge in [0.05, 0.1) is 6.20 Å². The Morgan fingerprint density at radius 3 is 2.64 bits per heavy atom. The van der Waals surface area contributed by atoms with Crippen LogP contribution in [0.3, 0.4) is 0 Å². The van der Waals surface area contributed by atoms with E-state index in [4.69, 9.17) is 0 Å². The van der Waals surface area contributed by atoms with E-state index in [-0.39, 0.29) is 11.6 Å². The van der Waals surface area contributed by atoms with Gasteiger partial charge in [-0.25, -0.2) is 4.98 Å². The number of nitrogens with zero attached hydrogens (tertiary/aromatic N) is 4. The van der Waals surface area contributed by atoms with Crippen LogP contribution in [-0.4, -0.2) is 20.2 Å². The van der Waals surface area contributed by atoms with Gasteiger partial charge in [-0.3, -0.25) is 4.98 Å². The Labute approximate surface area is 76.8 Å². The molecule has 0 aliphatic heterocycles. The molecular formula is C7H4F2N4O. The lowest BCUT2D eigenvalue weighted by molar-refractivity contribution is 0.116. The molecule has 0 bridgehead atoms. The highest BCUT2D eigenvalue weighted by Crippen LogP contribution is 2.20. The Hall–Kier alpha value is -1.92. The number of hydrogen-bond acceptors (Lipinski definition) is 5. The maximum atomic E-state index is 12.1. The van der Waals surface area contributed by atoms with Crippen molar-refractivity contribution in [1.82, 2.24) is 20.2 Å². The summed E-state index contributed by atoms with van der Waals surface area (Å²) in [5.74, 6) is -0.779. The molecule has 2 heterocycles. The summed E-state index contributed by atoms with van der Waals surface area (Å²) in [6.45, 7) is 0. The van der Waals surface area contributed by atoms with Gasteiger partial charge in [0.1, 0.15) is 5.69 Å². The molecule has 14 heavy (non-hydrogen) atoms. The van der Waals surface area contributed by atoms with Crippen molar-refractivity contribution >= 4 is 0 Å². The van der Waals surface area contributed by atoms with E-state index in [0.29, 0.717) is 0 Å². The van der Waals surface area contributed by atoms with Gasteiger partial charge in [0.2, 0.25) is 0 Å². The summed E-state index contributed by atoms with van der Waals surface area (Å²) in [5, 5.41) is 6.57. The van der Waals surface area contributed by atoms with Gasteiger partial charge >= 0.3 is 6.43 Å². The van der Waals surface area contributed by atoms with E-state index >= 15 is 0 Å². The van der Waals surface area contributed by atoms with Gasteiger partial charge in [0.25, 0.3) is 11.8 Å². The SMILES string of the molecule is FC(F)c1nnc(-c2cnccn2)o1. The fourth-order valence-corrected chi connectivity index (χ4v) is 0.836. The Morgan fingerprint density at radius 1 is 1.21 bits per heavy atom. The van der Waals surface area contributed by atoms with Crippen LogP contribution in [0.1, 0.15) is 12.3 Å². The summed E-state index contributed by atoms with van der Waals surface area (Å²) < 4.78 is 28.8. The van der Waals surface area contributed by atoms with Crippen molar-refractivity contribution in [2.75, 3.05) is 0 Å². The molecule has 72 valence electrons. The highest BCUT2D eigenvalue weighted by molar-refractivity contribution is 5.42. The normalized spacial score (nSPS) is 10.8. The van der Waals surface area contributed by atoms with Gasteiger partial charge in [-0.15, -0.1) is 10.2 Å². The molecule has 5 nitrogen and oxygen atoms in total. The van der Waals surface area contributed by atoms with Crippen LogP contribution in [0.4, 0.5) is 8.78 Å². The van der Waals surface area contributed by atoms with E-state index in [0.717, 1.165) is 0 Å². The van der Waals surface area contributed by atoms with E-state index in [1.807, 2.05) is 0 Å². The molecule has 2 rings (SSSR count). The second-order valence-electron chi connectivity index (χ2n) is 2.34. The number of alkyl halides is 2. The van der Waals surface area contributed by atoms with Crippen molar-refractivity contribution in [2.24, 2.45) is 0 Å². The molecule has 0 aliphatic rings. The van der Waals surface area contributed by atoms with Gasteiger partial charge in [0.15, 0.2) is 0 Å². The van der Waals surface area contributed by atoms with Crippen LogP contribution in [0.25, 0.3) is 11.6 Å². The first-order valence-corrected chi connectivity index (χ1v) is 3.65. The van der Waals surface area contributed by atoms with Crippen LogP contribution in [0, 0.1) is 0 Å². The highest BCUT2D eigenvalue weighted by atomic mass is 19.3. The fraction of sp³-hybridized carbons (Fsp3) is 0.143. The summed E-state index contributed by atoms with van der Waals surface area (Å²) in [4.78, 5) is 7.56. The lowest BCUT2D eigenvalue weighted by Gasteiger charge is -1.90. The molecule has 0 amide bonds. The summed E-state index contributed by atoms with van der Waals surface area (Å²) in [7, 11) is 0. The second kappa shape index (κ2) is 3.44. The first-order chi connectivity index (χ1) is 6.77. The smallest absolute Gasteiger partial charge is 0.314 e. The molecule has 0 radical (unpaired) electrons. The fourth-order valence-electron chi connectivity index (χ4n) is 0.836. The standard InChI is InChI=1S/C7H4F2N4O/c8-5(9)7-13-12-6(14-7)4-3-10-1-2-11-4/h1-3,5H. The molecule has 0 aromatic carbocycles. The van der Waals surface area contributed by atoms with Crippen LogP contribution in [0.5, 0.6) is 0 Å². The maximum Gasteiger partial charge on any atom is 0.314 e. The predicted molar refractivity (Wildman–Crippen MR) is 40.3 cm³/mol. The van der Waals surface area contributed by atoms with Crippen molar-refractivity contribution in [2.45, 2.75) is 6.43 Å². The van der Waals surface area contributed by atoms with Crippen LogP contribution in [-0.2, 0) is 0 Å². The van der Waals surface area contributed by atoms with Gasteiger partial charge in [-0.2, -0.15) is 8.78 Å². The third-order valence-corrected chi connectivity index (χ3v) is 1.41. The number of hydrogen-bond donors (Lipinski definition) is 0. The van der Waals surface area contributed by atoms with Crippen molar-refractivity contribution in [3.8, 4) is 11.6 Å². The molecule has 2 aromatic heterocycles. The van der Waals surface area contributed by atoms with Crippen LogP contribution < -0.4 is 0 Å². The van der Waals surface area contributed by atoms with E-state index in [2.05, 4.69) is 24.6 Å². The zero-order chi connectivity index (χ0) is 9.97. The molecule has 0 N–H and O–H groups in total. The zero-order valence-corrected chi connectivity index (χ0v) is 6.76. The van der Waals surface area contributed by atoms with Crippen molar-refractivity contribution in [3.05, 3.63) is 24.5 Å². The summed E-state index contributed by atoms with van der Waals surface area (Å²) in [5.41, 5.74) is 0.270. The number of halogens is 2. The molecule has 0 saturated carbocycles. The van der Waals surface area contributed by atoms with Crippen molar-refractivity contribution in [3.63, 3.8) is 0 Å². The van der Waals surface area contributed by atoms with E-state index in [1.54, 1.807) is 0 Å². The first-order valence-electron chi connectivity index (χ1n) is 3.65. The van der Waals surface area contributed by atoms with Crippen LogP contribution >= 0.6 is 0 Å². The topological polar surface area (TPSA) is 64.7 Å². The average molecular weight is 198 g/mol. The average Bonchev–Trinajstić information content (AvgIpc) is 2.68. The predicted octanol–water partition coefficient (Wildman–Crippen LogP) is 1.46. The first kappa shape index (κ1) is 8.67. The molecular weight excluding hydrogens is 194 g/mol. The lowest BCUT2D eigenvalue weighted by Crippen LogP contribution is -1.83. The number of rotatable bonds is 2. The van der Waals surface area contributed by atoms with Gasteiger partial charge in [-0.05, 0) is 0 Å². The Bertz CT molecular complexity index is 417. The van der Waals surface area contributed by atoms with Gasteiger partial charge in [-0.1, -0.05) is 0 Å². The molecule has 2 aromatic rings. The lowest BCUT2D eigenvalue weighted by atomic mass is 10.4. The van der Waals surface area contributed by atoms with Crippen LogP contribution in [0.2, 0.25) is 0 Å². The zero-order valence-electron chi connectivity index (χ0n) is 6.76. The molecule has 0 saturated heterocycles. The third-order valence-electron chi connectivity index (χ3n) is 1.41. The molecule has 0 aliphatic carbocycles. The quantitative estimate of drug-likeness (QED) is 0.730. The van der Waals surface area contributed by atoms with Gasteiger partial charge in [0, 0.05) is 12.4 Å². The largest absolute Gasteiger partial charge is 0.414 e. The maximum absolute atomic E-state index is 12.1.